The van der Waals surface area contributed by atoms with Gasteiger partial charge in [0.25, 0.3) is 0 Å². The minimum Gasteiger partial charge on any atom is -0.338 e. The molecule has 2 heterocycles. The van der Waals surface area contributed by atoms with E-state index in [-0.39, 0.29) is 17.9 Å². The number of hydrogen-bond donors (Lipinski definition) is 2. The van der Waals surface area contributed by atoms with Crippen molar-refractivity contribution in [3.63, 3.8) is 0 Å². The standard InChI is InChI=1S/C17H18FN3OS/c18-13-3-4-16-14(10-13)15(6-9-23-16)21-17(22)20-8-5-12-2-1-7-19-11-12/h1-4,7,10-11,15H,5-6,8-9H2,(H2,20,21,22)/t15-/m0/s1. The molecular weight excluding hydrogens is 313 g/mol. The fraction of sp³-hybridized carbons (Fsp3) is 0.294. The van der Waals surface area contributed by atoms with Gasteiger partial charge in [-0.2, -0.15) is 0 Å². The zero-order valence-electron chi connectivity index (χ0n) is 12.6. The highest BCUT2D eigenvalue weighted by Gasteiger charge is 2.22. The van der Waals surface area contributed by atoms with E-state index in [4.69, 9.17) is 0 Å². The maximum Gasteiger partial charge on any atom is 0.315 e. The molecule has 0 saturated heterocycles. The number of nitrogens with zero attached hydrogens (tertiary/aromatic N) is 1. The molecule has 3 rings (SSSR count). The van der Waals surface area contributed by atoms with E-state index in [1.807, 2.05) is 12.1 Å². The highest BCUT2D eigenvalue weighted by molar-refractivity contribution is 7.99. The number of benzene rings is 1. The molecule has 0 fully saturated rings. The summed E-state index contributed by atoms with van der Waals surface area (Å²) >= 11 is 1.70. The maximum absolute atomic E-state index is 13.5. The van der Waals surface area contributed by atoms with Crippen LogP contribution in [0.5, 0.6) is 0 Å². The minimum absolute atomic E-state index is 0.139. The third kappa shape index (κ3) is 4.22. The smallest absolute Gasteiger partial charge is 0.315 e. The first-order chi connectivity index (χ1) is 11.2. The Bertz CT molecular complexity index is 681. The fourth-order valence-electron chi connectivity index (χ4n) is 2.59. The van der Waals surface area contributed by atoms with Crippen LogP contribution < -0.4 is 10.6 Å². The number of hydrogen-bond acceptors (Lipinski definition) is 3. The molecular formula is C17H18FN3OS. The quantitative estimate of drug-likeness (QED) is 0.904. The van der Waals surface area contributed by atoms with Crippen molar-refractivity contribution in [2.24, 2.45) is 0 Å². The SMILES string of the molecule is O=C(NCCc1cccnc1)N[C@H]1CCSc2ccc(F)cc21. The number of carbonyl (C=O) groups is 1. The van der Waals surface area contributed by atoms with E-state index >= 15 is 0 Å². The van der Waals surface area contributed by atoms with Gasteiger partial charge in [-0.05, 0) is 48.2 Å². The molecule has 0 saturated carbocycles. The van der Waals surface area contributed by atoms with Crippen LogP contribution >= 0.6 is 11.8 Å². The molecule has 2 N–H and O–H groups in total. The molecule has 6 heteroatoms. The van der Waals surface area contributed by atoms with E-state index in [9.17, 15) is 9.18 Å². The van der Waals surface area contributed by atoms with Crippen molar-refractivity contribution in [3.05, 3.63) is 59.7 Å². The maximum atomic E-state index is 13.5. The summed E-state index contributed by atoms with van der Waals surface area (Å²) in [6, 6.07) is 8.25. The fourth-order valence-corrected chi connectivity index (χ4v) is 3.70. The molecule has 120 valence electrons. The molecule has 2 amide bonds. The Balaban J connectivity index is 1.54. The summed E-state index contributed by atoms with van der Waals surface area (Å²) in [5.74, 6) is 0.647. The molecule has 0 aliphatic carbocycles. The van der Waals surface area contributed by atoms with E-state index in [1.54, 1.807) is 30.2 Å². The van der Waals surface area contributed by atoms with Gasteiger partial charge in [0.15, 0.2) is 0 Å². The lowest BCUT2D eigenvalue weighted by molar-refractivity contribution is 0.236. The van der Waals surface area contributed by atoms with Crippen molar-refractivity contribution < 1.29 is 9.18 Å². The van der Waals surface area contributed by atoms with Crippen LogP contribution in [0, 0.1) is 5.82 Å². The predicted molar refractivity (Wildman–Crippen MR) is 89.0 cm³/mol. The summed E-state index contributed by atoms with van der Waals surface area (Å²) in [5.41, 5.74) is 1.94. The van der Waals surface area contributed by atoms with Gasteiger partial charge < -0.3 is 10.6 Å². The molecule has 0 radical (unpaired) electrons. The van der Waals surface area contributed by atoms with Gasteiger partial charge >= 0.3 is 6.03 Å². The van der Waals surface area contributed by atoms with Crippen LogP contribution in [0.2, 0.25) is 0 Å². The Kier molecular flexibility index (Phi) is 5.12. The molecule has 1 aromatic heterocycles. The van der Waals surface area contributed by atoms with E-state index in [0.717, 1.165) is 34.6 Å². The van der Waals surface area contributed by atoms with E-state index in [1.165, 1.54) is 12.1 Å². The molecule has 0 spiro atoms. The zero-order chi connectivity index (χ0) is 16.1. The average molecular weight is 331 g/mol. The van der Waals surface area contributed by atoms with Crippen LogP contribution in [0.25, 0.3) is 0 Å². The number of halogens is 1. The summed E-state index contributed by atoms with van der Waals surface area (Å²) in [5, 5.41) is 5.79. The van der Waals surface area contributed by atoms with Gasteiger partial charge in [0.05, 0.1) is 6.04 Å². The van der Waals surface area contributed by atoms with Crippen molar-refractivity contribution in [2.75, 3.05) is 12.3 Å². The first kappa shape index (κ1) is 15.8. The third-order valence-corrected chi connectivity index (χ3v) is 4.86. The summed E-state index contributed by atoms with van der Waals surface area (Å²) in [6.07, 6.45) is 5.04. The molecule has 2 aromatic rings. The number of amides is 2. The number of carbonyl (C=O) groups excluding carboxylic acids is 1. The molecule has 23 heavy (non-hydrogen) atoms. The first-order valence-corrected chi connectivity index (χ1v) is 8.56. The molecule has 0 bridgehead atoms. The monoisotopic (exact) mass is 331 g/mol. The van der Waals surface area contributed by atoms with Crippen LogP contribution in [0.3, 0.4) is 0 Å². The topological polar surface area (TPSA) is 54.0 Å². The minimum atomic E-state index is -0.268. The second kappa shape index (κ2) is 7.46. The van der Waals surface area contributed by atoms with E-state index in [0.29, 0.717) is 6.54 Å². The number of rotatable bonds is 4. The summed E-state index contributed by atoms with van der Waals surface area (Å²) in [7, 11) is 0. The molecule has 1 aliphatic rings. The Morgan fingerprint density at radius 1 is 1.39 bits per heavy atom. The van der Waals surface area contributed by atoms with E-state index in [2.05, 4.69) is 15.6 Å². The van der Waals surface area contributed by atoms with Crippen LogP contribution in [-0.2, 0) is 6.42 Å². The molecule has 4 nitrogen and oxygen atoms in total. The number of nitrogens with one attached hydrogen (secondary N) is 2. The zero-order valence-corrected chi connectivity index (χ0v) is 13.4. The molecule has 1 aromatic carbocycles. The Morgan fingerprint density at radius 3 is 3.13 bits per heavy atom. The lowest BCUT2D eigenvalue weighted by atomic mass is 10.0. The Morgan fingerprint density at radius 2 is 2.30 bits per heavy atom. The van der Waals surface area contributed by atoms with Crippen molar-refractivity contribution in [1.29, 1.82) is 0 Å². The second-order valence-corrected chi connectivity index (χ2v) is 6.52. The van der Waals surface area contributed by atoms with Crippen LogP contribution in [-0.4, -0.2) is 23.3 Å². The Labute approximate surface area is 138 Å². The van der Waals surface area contributed by atoms with Crippen molar-refractivity contribution in [3.8, 4) is 0 Å². The summed E-state index contributed by atoms with van der Waals surface area (Å²) < 4.78 is 13.5. The van der Waals surface area contributed by atoms with Gasteiger partial charge in [-0.1, -0.05) is 6.07 Å². The number of thioether (sulfide) groups is 1. The van der Waals surface area contributed by atoms with Crippen LogP contribution in [0.15, 0.2) is 47.6 Å². The summed E-state index contributed by atoms with van der Waals surface area (Å²) in [4.78, 5) is 17.1. The highest BCUT2D eigenvalue weighted by atomic mass is 32.2. The van der Waals surface area contributed by atoms with Crippen molar-refractivity contribution in [1.82, 2.24) is 15.6 Å². The molecule has 1 atom stereocenters. The van der Waals surface area contributed by atoms with Crippen LogP contribution in [0.1, 0.15) is 23.6 Å². The van der Waals surface area contributed by atoms with Gasteiger partial charge in [-0.25, -0.2) is 9.18 Å². The lowest BCUT2D eigenvalue weighted by Crippen LogP contribution is -2.39. The van der Waals surface area contributed by atoms with Crippen molar-refractivity contribution >= 4 is 17.8 Å². The van der Waals surface area contributed by atoms with E-state index < -0.39 is 0 Å². The van der Waals surface area contributed by atoms with Gasteiger partial charge in [-0.3, -0.25) is 4.98 Å². The average Bonchev–Trinajstić information content (AvgIpc) is 2.56. The van der Waals surface area contributed by atoms with Gasteiger partial charge in [0.1, 0.15) is 5.82 Å². The largest absolute Gasteiger partial charge is 0.338 e. The van der Waals surface area contributed by atoms with Gasteiger partial charge in [-0.15, -0.1) is 11.8 Å². The van der Waals surface area contributed by atoms with Crippen molar-refractivity contribution in [2.45, 2.75) is 23.8 Å². The number of fused-ring (bicyclic) bond motifs is 1. The summed E-state index contributed by atoms with van der Waals surface area (Å²) in [6.45, 7) is 0.537. The highest BCUT2D eigenvalue weighted by Crippen LogP contribution is 2.36. The Hall–Kier alpha value is -2.08. The van der Waals surface area contributed by atoms with Gasteiger partial charge in [0.2, 0.25) is 0 Å². The molecule has 1 aliphatic heterocycles. The molecule has 0 unspecified atom stereocenters. The van der Waals surface area contributed by atoms with Gasteiger partial charge in [0, 0.05) is 29.6 Å². The number of aromatic nitrogens is 1. The first-order valence-electron chi connectivity index (χ1n) is 7.58. The lowest BCUT2D eigenvalue weighted by Gasteiger charge is -2.26. The third-order valence-electron chi connectivity index (χ3n) is 3.74. The number of urea groups is 1. The van der Waals surface area contributed by atoms with Crippen LogP contribution in [0.4, 0.5) is 9.18 Å². The predicted octanol–water partition coefficient (Wildman–Crippen LogP) is 3.30. The second-order valence-electron chi connectivity index (χ2n) is 5.38. The normalized spacial score (nSPS) is 16.5. The number of pyridine rings is 1.